The lowest BCUT2D eigenvalue weighted by Crippen LogP contribution is -2.52. The van der Waals surface area contributed by atoms with Crippen molar-refractivity contribution in [3.63, 3.8) is 0 Å². The van der Waals surface area contributed by atoms with Gasteiger partial charge in [0.25, 0.3) is 5.91 Å². The van der Waals surface area contributed by atoms with Gasteiger partial charge in [-0.25, -0.2) is 4.90 Å². The van der Waals surface area contributed by atoms with Crippen LogP contribution in [0.5, 0.6) is 5.75 Å². The molecule has 0 bridgehead atoms. The van der Waals surface area contributed by atoms with E-state index < -0.39 is 0 Å². The van der Waals surface area contributed by atoms with E-state index in [-0.39, 0.29) is 24.3 Å². The fourth-order valence-corrected chi connectivity index (χ4v) is 4.29. The number of benzene rings is 2. The number of para-hydroxylation sites is 2. The van der Waals surface area contributed by atoms with Crippen LogP contribution >= 0.6 is 22.6 Å². The van der Waals surface area contributed by atoms with Crippen LogP contribution in [0, 0.1) is 3.57 Å². The normalized spacial score (nSPS) is 20.7. The third kappa shape index (κ3) is 3.60. The fourth-order valence-electron chi connectivity index (χ4n) is 3.93. The number of piperazine rings is 1. The molecule has 0 aromatic heterocycles. The Kier molecular flexibility index (Phi) is 5.54. The molecular weight excluding hydrogens is 469 g/mol. The molecule has 1 atom stereocenters. The summed E-state index contributed by atoms with van der Waals surface area (Å²) < 4.78 is 6.54. The van der Waals surface area contributed by atoms with Crippen LogP contribution in [0.15, 0.2) is 48.5 Å². The number of methoxy groups -OCH3 is 1. The van der Waals surface area contributed by atoms with E-state index >= 15 is 0 Å². The zero-order chi connectivity index (χ0) is 19.7. The summed E-state index contributed by atoms with van der Waals surface area (Å²) in [4.78, 5) is 31.3. The lowest BCUT2D eigenvalue weighted by molar-refractivity contribution is -0.123. The predicted octanol–water partition coefficient (Wildman–Crippen LogP) is 2.75. The molecule has 2 aromatic rings. The van der Waals surface area contributed by atoms with Gasteiger partial charge in [-0.2, -0.15) is 0 Å². The number of anilines is 2. The van der Waals surface area contributed by atoms with Crippen molar-refractivity contribution < 1.29 is 14.3 Å². The minimum absolute atomic E-state index is 0.114. The molecule has 2 amide bonds. The highest BCUT2D eigenvalue weighted by Gasteiger charge is 2.43. The minimum atomic E-state index is -0.369. The molecule has 0 saturated carbocycles. The molecule has 2 aromatic carbocycles. The third-order valence-corrected chi connectivity index (χ3v) is 6.11. The van der Waals surface area contributed by atoms with Gasteiger partial charge in [-0.05, 0) is 59.0 Å². The average Bonchev–Trinajstić information content (AvgIpc) is 3.03. The van der Waals surface area contributed by atoms with Crippen molar-refractivity contribution >= 4 is 45.8 Å². The SMILES string of the molecule is COc1ccccc1N1CCN(C2CC(=O)N(c3ccc(I)cc3)C2=O)CC1. The van der Waals surface area contributed by atoms with Crippen molar-refractivity contribution in [3.8, 4) is 5.75 Å². The Morgan fingerprint density at radius 2 is 1.64 bits per heavy atom. The topological polar surface area (TPSA) is 53.1 Å². The van der Waals surface area contributed by atoms with E-state index in [1.54, 1.807) is 7.11 Å². The van der Waals surface area contributed by atoms with Crippen molar-refractivity contribution in [2.45, 2.75) is 12.5 Å². The molecule has 2 fully saturated rings. The molecule has 2 heterocycles. The number of ether oxygens (including phenoxy) is 1. The molecule has 6 nitrogen and oxygen atoms in total. The van der Waals surface area contributed by atoms with Crippen molar-refractivity contribution in [2.24, 2.45) is 0 Å². The Labute approximate surface area is 178 Å². The number of hydrogen-bond donors (Lipinski definition) is 0. The molecule has 2 aliphatic heterocycles. The second-order valence-electron chi connectivity index (χ2n) is 6.96. The summed E-state index contributed by atoms with van der Waals surface area (Å²) in [6.07, 6.45) is 0.249. The standard InChI is InChI=1S/C21H22IN3O3/c1-28-19-5-3-2-4-17(19)23-10-12-24(13-11-23)18-14-20(26)25(21(18)27)16-8-6-15(22)7-9-16/h2-9,18H,10-14H2,1H3. The van der Waals surface area contributed by atoms with Crippen LogP contribution in [0.1, 0.15) is 6.42 Å². The smallest absolute Gasteiger partial charge is 0.251 e. The first-order valence-electron chi connectivity index (χ1n) is 9.33. The van der Waals surface area contributed by atoms with Gasteiger partial charge in [-0.3, -0.25) is 14.5 Å². The Morgan fingerprint density at radius 3 is 2.32 bits per heavy atom. The van der Waals surface area contributed by atoms with Gasteiger partial charge in [-0.1, -0.05) is 12.1 Å². The van der Waals surface area contributed by atoms with E-state index in [0.717, 1.165) is 41.2 Å². The molecule has 7 heteroatoms. The van der Waals surface area contributed by atoms with Gasteiger partial charge in [0, 0.05) is 29.7 Å². The van der Waals surface area contributed by atoms with Gasteiger partial charge in [-0.15, -0.1) is 0 Å². The highest BCUT2D eigenvalue weighted by molar-refractivity contribution is 14.1. The van der Waals surface area contributed by atoms with Crippen LogP contribution in [0.25, 0.3) is 0 Å². The number of hydrogen-bond acceptors (Lipinski definition) is 5. The van der Waals surface area contributed by atoms with Crippen LogP contribution in [-0.4, -0.2) is 56.0 Å². The first kappa shape index (κ1) is 19.2. The number of halogens is 1. The summed E-state index contributed by atoms with van der Waals surface area (Å²) in [7, 11) is 1.68. The van der Waals surface area contributed by atoms with Gasteiger partial charge in [0.2, 0.25) is 5.91 Å². The molecule has 0 aliphatic carbocycles. The second-order valence-corrected chi connectivity index (χ2v) is 8.20. The Balaban J connectivity index is 1.44. The quantitative estimate of drug-likeness (QED) is 0.487. The Morgan fingerprint density at radius 1 is 0.964 bits per heavy atom. The number of nitrogens with zero attached hydrogens (tertiary/aromatic N) is 3. The molecule has 2 aliphatic rings. The Bertz CT molecular complexity index is 879. The van der Waals surface area contributed by atoms with Gasteiger partial charge < -0.3 is 9.64 Å². The van der Waals surface area contributed by atoms with Gasteiger partial charge in [0.1, 0.15) is 5.75 Å². The first-order chi connectivity index (χ1) is 13.6. The predicted molar refractivity (Wildman–Crippen MR) is 117 cm³/mol. The van der Waals surface area contributed by atoms with Crippen LogP contribution < -0.4 is 14.5 Å². The van der Waals surface area contributed by atoms with E-state index in [0.29, 0.717) is 5.69 Å². The fraction of sp³-hybridized carbons (Fsp3) is 0.333. The van der Waals surface area contributed by atoms with Gasteiger partial charge in [0.15, 0.2) is 0 Å². The molecule has 146 valence electrons. The molecular formula is C21H22IN3O3. The maximum atomic E-state index is 13.0. The van der Waals surface area contributed by atoms with Crippen molar-refractivity contribution in [1.29, 1.82) is 0 Å². The molecule has 0 spiro atoms. The van der Waals surface area contributed by atoms with E-state index in [2.05, 4.69) is 38.5 Å². The highest BCUT2D eigenvalue weighted by Crippen LogP contribution is 2.30. The zero-order valence-corrected chi connectivity index (χ0v) is 17.8. The average molecular weight is 491 g/mol. The lowest BCUT2D eigenvalue weighted by atomic mass is 10.1. The summed E-state index contributed by atoms with van der Waals surface area (Å²) in [6.45, 7) is 3.06. The summed E-state index contributed by atoms with van der Waals surface area (Å²) in [5.74, 6) is 0.619. The molecule has 1 unspecified atom stereocenters. The summed E-state index contributed by atoms with van der Waals surface area (Å²) in [5.41, 5.74) is 1.73. The van der Waals surface area contributed by atoms with Crippen molar-refractivity contribution in [3.05, 3.63) is 52.1 Å². The molecule has 4 rings (SSSR count). The van der Waals surface area contributed by atoms with Crippen LogP contribution in [0.4, 0.5) is 11.4 Å². The minimum Gasteiger partial charge on any atom is -0.495 e. The Hall–Kier alpha value is -2.13. The van der Waals surface area contributed by atoms with Crippen LogP contribution in [-0.2, 0) is 9.59 Å². The maximum Gasteiger partial charge on any atom is 0.251 e. The summed E-state index contributed by atoms with van der Waals surface area (Å²) >= 11 is 2.21. The number of imide groups is 1. The van der Waals surface area contributed by atoms with Gasteiger partial charge >= 0.3 is 0 Å². The first-order valence-corrected chi connectivity index (χ1v) is 10.4. The maximum absolute atomic E-state index is 13.0. The van der Waals surface area contributed by atoms with Crippen LogP contribution in [0.2, 0.25) is 0 Å². The number of carbonyl (C=O) groups excluding carboxylic acids is 2. The zero-order valence-electron chi connectivity index (χ0n) is 15.7. The molecule has 0 radical (unpaired) electrons. The molecule has 28 heavy (non-hydrogen) atoms. The monoisotopic (exact) mass is 491 g/mol. The number of carbonyl (C=O) groups is 2. The van der Waals surface area contributed by atoms with E-state index in [9.17, 15) is 9.59 Å². The lowest BCUT2D eigenvalue weighted by Gasteiger charge is -2.38. The number of amides is 2. The van der Waals surface area contributed by atoms with Crippen molar-refractivity contribution in [2.75, 3.05) is 43.1 Å². The van der Waals surface area contributed by atoms with E-state index in [4.69, 9.17) is 4.74 Å². The van der Waals surface area contributed by atoms with E-state index in [1.807, 2.05) is 42.5 Å². The van der Waals surface area contributed by atoms with E-state index in [1.165, 1.54) is 4.90 Å². The summed E-state index contributed by atoms with van der Waals surface area (Å²) in [6, 6.07) is 15.1. The summed E-state index contributed by atoms with van der Waals surface area (Å²) in [5, 5.41) is 0. The molecule has 2 saturated heterocycles. The molecule has 0 N–H and O–H groups in total. The third-order valence-electron chi connectivity index (χ3n) is 5.39. The van der Waals surface area contributed by atoms with Crippen molar-refractivity contribution in [1.82, 2.24) is 4.90 Å². The highest BCUT2D eigenvalue weighted by atomic mass is 127. The number of rotatable bonds is 4. The van der Waals surface area contributed by atoms with Crippen LogP contribution in [0.3, 0.4) is 0 Å². The second kappa shape index (κ2) is 8.08. The van der Waals surface area contributed by atoms with Gasteiger partial charge in [0.05, 0.1) is 30.9 Å². The largest absolute Gasteiger partial charge is 0.495 e.